The predicted octanol–water partition coefficient (Wildman–Crippen LogP) is 2.94. The molecular formula is C12H14ClN3. The van der Waals surface area contributed by atoms with E-state index in [1.54, 1.807) is 6.07 Å². The predicted molar refractivity (Wildman–Crippen MR) is 67.5 cm³/mol. The molecule has 84 valence electrons. The molecule has 0 spiro atoms. The topological polar surface area (TPSA) is 43.8 Å². The second kappa shape index (κ2) is 3.83. The van der Waals surface area contributed by atoms with E-state index in [1.807, 2.05) is 37.7 Å². The van der Waals surface area contributed by atoms with Crippen LogP contribution in [0.15, 0.2) is 18.2 Å². The van der Waals surface area contributed by atoms with Gasteiger partial charge in [0.05, 0.1) is 10.7 Å². The van der Waals surface area contributed by atoms with Crippen molar-refractivity contribution >= 4 is 17.3 Å². The molecule has 0 unspecified atom stereocenters. The molecule has 0 saturated heterocycles. The van der Waals surface area contributed by atoms with Crippen molar-refractivity contribution in [2.24, 2.45) is 7.05 Å². The number of hydrogen-bond acceptors (Lipinski definition) is 2. The van der Waals surface area contributed by atoms with E-state index in [0.29, 0.717) is 10.7 Å². The van der Waals surface area contributed by atoms with Gasteiger partial charge in [-0.2, -0.15) is 5.10 Å². The maximum absolute atomic E-state index is 6.20. The van der Waals surface area contributed by atoms with Gasteiger partial charge in [-0.05, 0) is 26.0 Å². The van der Waals surface area contributed by atoms with Crippen LogP contribution in [0.5, 0.6) is 0 Å². The fraction of sp³-hybridized carbons (Fsp3) is 0.250. The van der Waals surface area contributed by atoms with Crippen LogP contribution in [0, 0.1) is 13.8 Å². The van der Waals surface area contributed by atoms with Crippen LogP contribution in [0.4, 0.5) is 5.69 Å². The summed E-state index contributed by atoms with van der Waals surface area (Å²) in [4.78, 5) is 0. The lowest BCUT2D eigenvalue weighted by atomic mass is 10.0. The Balaban J connectivity index is 2.67. The minimum atomic E-state index is 0.666. The number of nitrogens with two attached hydrogens (primary N) is 1. The average molecular weight is 236 g/mol. The highest BCUT2D eigenvalue weighted by Gasteiger charge is 2.14. The second-order valence-corrected chi connectivity index (χ2v) is 4.32. The van der Waals surface area contributed by atoms with E-state index in [-0.39, 0.29) is 0 Å². The Kier molecular flexibility index (Phi) is 2.64. The molecule has 0 saturated carbocycles. The molecule has 16 heavy (non-hydrogen) atoms. The monoisotopic (exact) mass is 235 g/mol. The molecule has 4 heteroatoms. The van der Waals surface area contributed by atoms with Crippen molar-refractivity contribution in [2.45, 2.75) is 13.8 Å². The van der Waals surface area contributed by atoms with Crippen LogP contribution in [-0.2, 0) is 7.05 Å². The van der Waals surface area contributed by atoms with Crippen molar-refractivity contribution in [1.82, 2.24) is 9.78 Å². The average Bonchev–Trinajstić information content (AvgIpc) is 2.43. The first kappa shape index (κ1) is 11.0. The van der Waals surface area contributed by atoms with Crippen molar-refractivity contribution in [1.29, 1.82) is 0 Å². The van der Waals surface area contributed by atoms with Crippen molar-refractivity contribution in [3.8, 4) is 11.1 Å². The van der Waals surface area contributed by atoms with Gasteiger partial charge in [-0.25, -0.2) is 0 Å². The second-order valence-electron chi connectivity index (χ2n) is 3.91. The summed E-state index contributed by atoms with van der Waals surface area (Å²) in [5.41, 5.74) is 10.5. The normalized spacial score (nSPS) is 10.8. The Morgan fingerprint density at radius 1 is 1.31 bits per heavy atom. The molecule has 0 aliphatic carbocycles. The third-order valence-electron chi connectivity index (χ3n) is 2.77. The quantitative estimate of drug-likeness (QED) is 0.773. The largest absolute Gasteiger partial charge is 0.399 e. The number of nitrogen functional groups attached to an aromatic ring is 1. The lowest BCUT2D eigenvalue weighted by Crippen LogP contribution is -1.93. The van der Waals surface area contributed by atoms with E-state index in [2.05, 4.69) is 5.10 Å². The van der Waals surface area contributed by atoms with E-state index in [0.717, 1.165) is 22.5 Å². The number of rotatable bonds is 1. The Morgan fingerprint density at radius 3 is 2.50 bits per heavy atom. The summed E-state index contributed by atoms with van der Waals surface area (Å²) in [6, 6.07) is 5.56. The van der Waals surface area contributed by atoms with Gasteiger partial charge < -0.3 is 5.73 Å². The summed E-state index contributed by atoms with van der Waals surface area (Å²) in [5.74, 6) is 0. The standard InChI is InChI=1S/C12H14ClN3/c1-7-12(8(2)16(3)15-7)10-5-4-9(14)6-11(10)13/h4-6H,14H2,1-3H3. The molecule has 2 N–H and O–H groups in total. The van der Waals surface area contributed by atoms with Gasteiger partial charge >= 0.3 is 0 Å². The number of benzene rings is 1. The van der Waals surface area contributed by atoms with Gasteiger partial charge in [0.2, 0.25) is 0 Å². The van der Waals surface area contributed by atoms with Gasteiger partial charge in [0.1, 0.15) is 0 Å². The fourth-order valence-electron chi connectivity index (χ4n) is 1.90. The lowest BCUT2D eigenvalue weighted by molar-refractivity contribution is 0.731. The summed E-state index contributed by atoms with van der Waals surface area (Å²) < 4.78 is 1.86. The van der Waals surface area contributed by atoms with Crippen LogP contribution < -0.4 is 5.73 Å². The van der Waals surface area contributed by atoms with Crippen molar-refractivity contribution < 1.29 is 0 Å². The molecule has 0 aliphatic heterocycles. The lowest BCUT2D eigenvalue weighted by Gasteiger charge is -2.06. The molecule has 1 heterocycles. The number of aryl methyl sites for hydroxylation is 2. The zero-order valence-corrected chi connectivity index (χ0v) is 10.3. The first-order valence-electron chi connectivity index (χ1n) is 5.06. The fourth-order valence-corrected chi connectivity index (χ4v) is 2.18. The summed E-state index contributed by atoms with van der Waals surface area (Å²) in [7, 11) is 1.93. The molecule has 3 nitrogen and oxygen atoms in total. The molecule has 0 amide bonds. The number of nitrogens with zero attached hydrogens (tertiary/aromatic N) is 2. The van der Waals surface area contributed by atoms with E-state index in [1.165, 1.54) is 0 Å². The molecule has 0 fully saturated rings. The van der Waals surface area contributed by atoms with Crippen LogP contribution in [0.2, 0.25) is 5.02 Å². The summed E-state index contributed by atoms with van der Waals surface area (Å²) >= 11 is 6.20. The number of anilines is 1. The van der Waals surface area contributed by atoms with Crippen LogP contribution in [0.1, 0.15) is 11.4 Å². The molecule has 0 aliphatic rings. The van der Waals surface area contributed by atoms with Crippen molar-refractivity contribution in [3.63, 3.8) is 0 Å². The van der Waals surface area contributed by atoms with Crippen LogP contribution in [-0.4, -0.2) is 9.78 Å². The SMILES string of the molecule is Cc1nn(C)c(C)c1-c1ccc(N)cc1Cl. The molecule has 0 atom stereocenters. The van der Waals surface area contributed by atoms with E-state index >= 15 is 0 Å². The van der Waals surface area contributed by atoms with Gasteiger partial charge in [0, 0.05) is 29.6 Å². The Morgan fingerprint density at radius 2 is 2.00 bits per heavy atom. The molecule has 2 rings (SSSR count). The van der Waals surface area contributed by atoms with Crippen molar-refractivity contribution in [2.75, 3.05) is 5.73 Å². The Hall–Kier alpha value is -1.48. The van der Waals surface area contributed by atoms with E-state index < -0.39 is 0 Å². The van der Waals surface area contributed by atoms with Crippen molar-refractivity contribution in [3.05, 3.63) is 34.6 Å². The summed E-state index contributed by atoms with van der Waals surface area (Å²) in [6.07, 6.45) is 0. The van der Waals surface area contributed by atoms with Gasteiger partial charge in [-0.3, -0.25) is 4.68 Å². The van der Waals surface area contributed by atoms with Gasteiger partial charge in [-0.15, -0.1) is 0 Å². The zero-order chi connectivity index (χ0) is 11.9. The summed E-state index contributed by atoms with van der Waals surface area (Å²) in [6.45, 7) is 4.01. The van der Waals surface area contributed by atoms with Gasteiger partial charge in [0.15, 0.2) is 0 Å². The molecule has 0 radical (unpaired) electrons. The minimum absolute atomic E-state index is 0.666. The zero-order valence-electron chi connectivity index (χ0n) is 9.58. The third-order valence-corrected chi connectivity index (χ3v) is 3.08. The highest BCUT2D eigenvalue weighted by atomic mass is 35.5. The highest BCUT2D eigenvalue weighted by molar-refractivity contribution is 6.33. The Bertz CT molecular complexity index is 543. The first-order valence-corrected chi connectivity index (χ1v) is 5.44. The smallest absolute Gasteiger partial charge is 0.0675 e. The third kappa shape index (κ3) is 1.67. The van der Waals surface area contributed by atoms with Gasteiger partial charge in [0.25, 0.3) is 0 Å². The number of aromatic nitrogens is 2. The van der Waals surface area contributed by atoms with Crippen LogP contribution in [0.25, 0.3) is 11.1 Å². The molecule has 1 aromatic carbocycles. The summed E-state index contributed by atoms with van der Waals surface area (Å²) in [5, 5.41) is 5.04. The minimum Gasteiger partial charge on any atom is -0.399 e. The van der Waals surface area contributed by atoms with Crippen LogP contribution in [0.3, 0.4) is 0 Å². The van der Waals surface area contributed by atoms with Crippen LogP contribution >= 0.6 is 11.6 Å². The maximum atomic E-state index is 6.20. The molecular weight excluding hydrogens is 222 g/mol. The maximum Gasteiger partial charge on any atom is 0.0675 e. The molecule has 1 aromatic heterocycles. The molecule has 2 aromatic rings. The first-order chi connectivity index (χ1) is 7.50. The van der Waals surface area contributed by atoms with E-state index in [9.17, 15) is 0 Å². The van der Waals surface area contributed by atoms with E-state index in [4.69, 9.17) is 17.3 Å². The number of halogens is 1. The van der Waals surface area contributed by atoms with Gasteiger partial charge in [-0.1, -0.05) is 17.7 Å². The molecule has 0 bridgehead atoms. The number of hydrogen-bond donors (Lipinski definition) is 1. The highest BCUT2D eigenvalue weighted by Crippen LogP contribution is 2.33. The Labute approximate surface area is 99.8 Å².